The molecule has 6 heteroatoms. The van der Waals surface area contributed by atoms with Crippen LogP contribution in [0.3, 0.4) is 0 Å². The zero-order valence-electron chi connectivity index (χ0n) is 6.09. The SMILES string of the molecule is Cc1nc(C(O)C(F)(F)Br)cs1. The Bertz CT molecular complexity index is 273. The van der Waals surface area contributed by atoms with Gasteiger partial charge in [0.15, 0.2) is 6.10 Å². The zero-order chi connectivity index (χ0) is 9.35. The number of hydrogen-bond acceptors (Lipinski definition) is 3. The van der Waals surface area contributed by atoms with Gasteiger partial charge in [-0.15, -0.1) is 11.3 Å². The van der Waals surface area contributed by atoms with E-state index in [0.29, 0.717) is 5.01 Å². The van der Waals surface area contributed by atoms with E-state index in [0.717, 1.165) is 0 Å². The number of hydrogen-bond donors (Lipinski definition) is 1. The second-order valence-corrected chi connectivity index (χ2v) is 4.36. The van der Waals surface area contributed by atoms with Crippen LogP contribution in [0.5, 0.6) is 0 Å². The third-order valence-corrected chi connectivity index (χ3v) is 2.45. The molecular weight excluding hydrogens is 252 g/mol. The van der Waals surface area contributed by atoms with Gasteiger partial charge in [0.2, 0.25) is 0 Å². The average Bonchev–Trinajstić information content (AvgIpc) is 2.32. The smallest absolute Gasteiger partial charge is 0.332 e. The molecule has 1 rings (SSSR count). The van der Waals surface area contributed by atoms with Gasteiger partial charge in [-0.05, 0) is 22.9 Å². The molecule has 1 aromatic heterocycles. The Hall–Kier alpha value is -0.0700. The van der Waals surface area contributed by atoms with Crippen LogP contribution in [-0.2, 0) is 0 Å². The van der Waals surface area contributed by atoms with E-state index in [1.54, 1.807) is 6.92 Å². The first-order valence-electron chi connectivity index (χ1n) is 3.08. The quantitative estimate of drug-likeness (QED) is 0.826. The summed E-state index contributed by atoms with van der Waals surface area (Å²) >= 11 is 3.29. The minimum absolute atomic E-state index is 0.000579. The molecule has 0 aromatic carbocycles. The van der Waals surface area contributed by atoms with Crippen molar-refractivity contribution >= 4 is 27.3 Å². The largest absolute Gasteiger partial charge is 0.380 e. The van der Waals surface area contributed by atoms with Gasteiger partial charge in [0, 0.05) is 5.38 Å². The van der Waals surface area contributed by atoms with Crippen LogP contribution >= 0.6 is 27.3 Å². The first-order chi connectivity index (χ1) is 5.41. The molecule has 0 amide bonds. The Balaban J connectivity index is 2.85. The van der Waals surface area contributed by atoms with Gasteiger partial charge in [-0.25, -0.2) is 4.98 Å². The van der Waals surface area contributed by atoms with Crippen LogP contribution in [0.2, 0.25) is 0 Å². The molecular formula is C6H6BrF2NOS. The van der Waals surface area contributed by atoms with Crippen molar-refractivity contribution in [2.24, 2.45) is 0 Å². The number of alkyl halides is 3. The topological polar surface area (TPSA) is 33.1 Å². The van der Waals surface area contributed by atoms with E-state index >= 15 is 0 Å². The van der Waals surface area contributed by atoms with Crippen LogP contribution in [0, 0.1) is 6.92 Å². The third-order valence-electron chi connectivity index (χ3n) is 1.23. The predicted molar refractivity (Wildman–Crippen MR) is 45.7 cm³/mol. The minimum atomic E-state index is -3.31. The van der Waals surface area contributed by atoms with Crippen molar-refractivity contribution in [3.05, 3.63) is 16.1 Å². The minimum Gasteiger partial charge on any atom is -0.380 e. The fourth-order valence-electron chi connectivity index (χ4n) is 0.673. The molecule has 0 aliphatic carbocycles. The van der Waals surface area contributed by atoms with Gasteiger partial charge >= 0.3 is 4.83 Å². The van der Waals surface area contributed by atoms with E-state index in [4.69, 9.17) is 5.11 Å². The normalized spacial score (nSPS) is 14.8. The monoisotopic (exact) mass is 257 g/mol. The van der Waals surface area contributed by atoms with Crippen LogP contribution in [-0.4, -0.2) is 14.9 Å². The summed E-state index contributed by atoms with van der Waals surface area (Å²) < 4.78 is 24.9. The molecule has 1 unspecified atom stereocenters. The van der Waals surface area contributed by atoms with Crippen LogP contribution in [0.1, 0.15) is 16.8 Å². The number of aromatic nitrogens is 1. The summed E-state index contributed by atoms with van der Waals surface area (Å²) in [5.41, 5.74) is -0.000579. The number of aliphatic hydroxyl groups is 1. The fourth-order valence-corrected chi connectivity index (χ4v) is 1.54. The molecule has 0 radical (unpaired) electrons. The highest BCUT2D eigenvalue weighted by molar-refractivity contribution is 9.10. The fraction of sp³-hybridized carbons (Fsp3) is 0.500. The second kappa shape index (κ2) is 3.35. The van der Waals surface area contributed by atoms with E-state index < -0.39 is 10.9 Å². The molecule has 0 spiro atoms. The Morgan fingerprint density at radius 1 is 1.75 bits per heavy atom. The molecule has 0 aliphatic rings. The number of aryl methyl sites for hydroxylation is 1. The summed E-state index contributed by atoms with van der Waals surface area (Å²) in [5, 5.41) is 11.1. The highest BCUT2D eigenvalue weighted by atomic mass is 79.9. The molecule has 68 valence electrons. The lowest BCUT2D eigenvalue weighted by atomic mass is 10.3. The van der Waals surface area contributed by atoms with Crippen molar-refractivity contribution < 1.29 is 13.9 Å². The maximum absolute atomic E-state index is 12.4. The van der Waals surface area contributed by atoms with Gasteiger partial charge in [0.1, 0.15) is 0 Å². The third kappa shape index (κ3) is 2.21. The first-order valence-corrected chi connectivity index (χ1v) is 4.75. The van der Waals surface area contributed by atoms with Crippen molar-refractivity contribution in [3.8, 4) is 0 Å². The second-order valence-electron chi connectivity index (χ2n) is 2.24. The summed E-state index contributed by atoms with van der Waals surface area (Å²) in [6, 6.07) is 0. The van der Waals surface area contributed by atoms with Gasteiger partial charge in [-0.3, -0.25) is 0 Å². The van der Waals surface area contributed by atoms with Gasteiger partial charge in [0.25, 0.3) is 0 Å². The molecule has 12 heavy (non-hydrogen) atoms. The van der Waals surface area contributed by atoms with Crippen LogP contribution < -0.4 is 0 Å². The van der Waals surface area contributed by atoms with Gasteiger partial charge in [-0.1, -0.05) is 0 Å². The van der Waals surface area contributed by atoms with Gasteiger partial charge < -0.3 is 5.11 Å². The zero-order valence-corrected chi connectivity index (χ0v) is 8.49. The molecule has 1 heterocycles. The average molecular weight is 258 g/mol. The van der Waals surface area contributed by atoms with Crippen LogP contribution in [0.4, 0.5) is 8.78 Å². The van der Waals surface area contributed by atoms with E-state index in [9.17, 15) is 8.78 Å². The lowest BCUT2D eigenvalue weighted by molar-refractivity contribution is -0.0314. The number of rotatable bonds is 2. The maximum atomic E-state index is 12.4. The van der Waals surface area contributed by atoms with E-state index in [1.807, 2.05) is 0 Å². The number of nitrogens with zero attached hydrogens (tertiary/aromatic N) is 1. The molecule has 2 nitrogen and oxygen atoms in total. The number of halogens is 3. The molecule has 1 aromatic rings. The van der Waals surface area contributed by atoms with Crippen LogP contribution in [0.15, 0.2) is 5.38 Å². The summed E-state index contributed by atoms with van der Waals surface area (Å²) in [5.74, 6) is 0. The lowest BCUT2D eigenvalue weighted by Gasteiger charge is -2.13. The van der Waals surface area contributed by atoms with Crippen LogP contribution in [0.25, 0.3) is 0 Å². The van der Waals surface area contributed by atoms with Gasteiger partial charge in [-0.2, -0.15) is 8.78 Å². The van der Waals surface area contributed by atoms with Crippen molar-refractivity contribution in [2.45, 2.75) is 17.9 Å². The standard InChI is InChI=1S/C6H6BrF2NOS/c1-3-10-4(2-12-3)5(11)6(7,8)9/h2,5,11H,1H3. The highest BCUT2D eigenvalue weighted by Gasteiger charge is 2.37. The van der Waals surface area contributed by atoms with Crippen molar-refractivity contribution in [2.75, 3.05) is 0 Å². The Morgan fingerprint density at radius 3 is 2.67 bits per heavy atom. The molecule has 1 atom stereocenters. The van der Waals surface area contributed by atoms with E-state index in [1.165, 1.54) is 16.7 Å². The molecule has 0 saturated carbocycles. The predicted octanol–water partition coefficient (Wildman–Crippen LogP) is 2.47. The Morgan fingerprint density at radius 2 is 2.33 bits per heavy atom. The molecule has 1 N–H and O–H groups in total. The summed E-state index contributed by atoms with van der Waals surface area (Å²) in [7, 11) is 0. The summed E-state index contributed by atoms with van der Waals surface area (Å²) in [6.45, 7) is 1.69. The summed E-state index contributed by atoms with van der Waals surface area (Å²) in [6.07, 6.45) is -1.87. The van der Waals surface area contributed by atoms with Crippen molar-refractivity contribution in [3.63, 3.8) is 0 Å². The number of thiazole rings is 1. The van der Waals surface area contributed by atoms with Crippen molar-refractivity contribution in [1.82, 2.24) is 4.98 Å². The van der Waals surface area contributed by atoms with E-state index in [2.05, 4.69) is 20.9 Å². The summed E-state index contributed by atoms with van der Waals surface area (Å²) in [4.78, 5) is 0.424. The molecule has 0 fully saturated rings. The molecule has 0 bridgehead atoms. The Labute approximate surface area is 80.4 Å². The first kappa shape index (κ1) is 10.0. The van der Waals surface area contributed by atoms with Gasteiger partial charge in [0.05, 0.1) is 10.7 Å². The number of aliphatic hydroxyl groups excluding tert-OH is 1. The molecule has 0 aliphatic heterocycles. The highest BCUT2D eigenvalue weighted by Crippen LogP contribution is 2.36. The Kier molecular flexibility index (Phi) is 2.80. The van der Waals surface area contributed by atoms with Crippen molar-refractivity contribution in [1.29, 1.82) is 0 Å². The maximum Gasteiger partial charge on any atom is 0.332 e. The van der Waals surface area contributed by atoms with E-state index in [-0.39, 0.29) is 5.69 Å². The molecule has 0 saturated heterocycles. The lowest BCUT2D eigenvalue weighted by Crippen LogP contribution is -2.18.